The fraction of sp³-hybridized carbons (Fsp3) is 0.440. The number of ether oxygens (including phenoxy) is 1. The molecule has 9 nitrogen and oxygen atoms in total. The number of carbonyl (C=O) groups excluding carboxylic acids is 1. The number of hydrogen-bond acceptors (Lipinski definition) is 5. The number of benzene rings is 1. The number of methoxy groups -OCH3 is 1. The molecular formula is C25H28N4O5. The molecule has 1 saturated heterocycles. The van der Waals surface area contributed by atoms with E-state index in [1.54, 1.807) is 17.7 Å². The lowest BCUT2D eigenvalue weighted by molar-refractivity contribution is -0.386. The van der Waals surface area contributed by atoms with Gasteiger partial charge in [0.25, 0.3) is 0 Å². The van der Waals surface area contributed by atoms with Crippen LogP contribution in [0, 0.1) is 16.0 Å². The van der Waals surface area contributed by atoms with Gasteiger partial charge in [0.2, 0.25) is 5.91 Å². The number of rotatable bonds is 7. The van der Waals surface area contributed by atoms with Crippen molar-refractivity contribution in [3.8, 4) is 0 Å². The average Bonchev–Trinajstić information content (AvgIpc) is 3.19. The Kier molecular flexibility index (Phi) is 5.95. The van der Waals surface area contributed by atoms with E-state index in [-0.39, 0.29) is 23.4 Å². The summed E-state index contributed by atoms with van der Waals surface area (Å²) in [5.41, 5.74) is 2.17. The second-order valence-electron chi connectivity index (χ2n) is 9.27. The van der Waals surface area contributed by atoms with E-state index in [9.17, 15) is 19.7 Å². The monoisotopic (exact) mass is 464 g/mol. The van der Waals surface area contributed by atoms with Gasteiger partial charge < -0.3 is 18.8 Å². The Morgan fingerprint density at radius 2 is 2.00 bits per heavy atom. The fourth-order valence-corrected chi connectivity index (χ4v) is 5.57. The summed E-state index contributed by atoms with van der Waals surface area (Å²) in [6.45, 7) is 2.93. The van der Waals surface area contributed by atoms with Crippen molar-refractivity contribution in [1.29, 1.82) is 0 Å². The lowest BCUT2D eigenvalue weighted by Crippen LogP contribution is -2.49. The van der Waals surface area contributed by atoms with Crippen molar-refractivity contribution in [3.63, 3.8) is 0 Å². The summed E-state index contributed by atoms with van der Waals surface area (Å²) in [5.74, 6) is 0.271. The lowest BCUT2D eigenvalue weighted by Gasteiger charge is -2.42. The molecular weight excluding hydrogens is 436 g/mol. The molecule has 4 heterocycles. The number of nitrogens with zero attached hydrogens (tertiary/aromatic N) is 4. The SMILES string of the molecule is COCCn1cc(CCC(=O)N2C[C@H]3C[C@@H](C2)c2ccc([N+](=O)[O-])c(=O)n2C3)c2ccccc21. The van der Waals surface area contributed by atoms with Crippen LogP contribution in [0.2, 0.25) is 0 Å². The smallest absolute Gasteiger partial charge is 0.334 e. The molecule has 3 aromatic rings. The largest absolute Gasteiger partial charge is 0.383 e. The summed E-state index contributed by atoms with van der Waals surface area (Å²) < 4.78 is 8.96. The number of hydrogen-bond donors (Lipinski definition) is 0. The molecule has 1 fully saturated rings. The van der Waals surface area contributed by atoms with E-state index in [0.717, 1.165) is 35.1 Å². The number of aryl methyl sites for hydroxylation is 1. The molecule has 2 bridgehead atoms. The minimum Gasteiger partial charge on any atom is -0.383 e. The number of para-hydroxylation sites is 1. The zero-order valence-electron chi connectivity index (χ0n) is 19.2. The molecule has 1 amide bonds. The van der Waals surface area contributed by atoms with Crippen LogP contribution in [0.5, 0.6) is 0 Å². The number of pyridine rings is 1. The van der Waals surface area contributed by atoms with Crippen LogP contribution in [0.3, 0.4) is 0 Å². The number of fused-ring (bicyclic) bond motifs is 5. The van der Waals surface area contributed by atoms with Crippen molar-refractivity contribution in [2.24, 2.45) is 5.92 Å². The Balaban J connectivity index is 1.30. The summed E-state index contributed by atoms with van der Waals surface area (Å²) in [6.07, 6.45) is 4.10. The van der Waals surface area contributed by atoms with E-state index >= 15 is 0 Å². The summed E-state index contributed by atoms with van der Waals surface area (Å²) >= 11 is 0. The van der Waals surface area contributed by atoms with Crippen molar-refractivity contribution in [3.05, 3.63) is 74.3 Å². The fourth-order valence-electron chi connectivity index (χ4n) is 5.57. The maximum atomic E-state index is 13.2. The van der Waals surface area contributed by atoms with Gasteiger partial charge in [-0.3, -0.25) is 19.7 Å². The number of nitro groups is 1. The van der Waals surface area contributed by atoms with Crippen LogP contribution in [0.1, 0.15) is 30.0 Å². The first-order chi connectivity index (χ1) is 16.5. The average molecular weight is 465 g/mol. The Morgan fingerprint density at radius 3 is 2.79 bits per heavy atom. The normalized spacial score (nSPS) is 19.3. The standard InChI is InChI=1S/C25H28N4O5/c1-34-11-10-26-15-18(20-4-2-3-5-22(20)26)6-9-24(30)27-13-17-12-19(16-27)21-7-8-23(29(32)33)25(31)28(21)14-17/h2-5,7-8,15,17,19H,6,9-14,16H2,1H3/t17-,19+/m1/s1. The van der Waals surface area contributed by atoms with Gasteiger partial charge in [0.1, 0.15) is 0 Å². The Labute approximate surface area is 196 Å². The number of aromatic nitrogens is 2. The second kappa shape index (κ2) is 9.06. The van der Waals surface area contributed by atoms with Gasteiger partial charge in [-0.15, -0.1) is 0 Å². The minimum absolute atomic E-state index is 0.0286. The molecule has 0 saturated carbocycles. The van der Waals surface area contributed by atoms with E-state index in [2.05, 4.69) is 22.9 Å². The first-order valence-electron chi connectivity index (χ1n) is 11.7. The highest BCUT2D eigenvalue weighted by Gasteiger charge is 2.37. The highest BCUT2D eigenvalue weighted by atomic mass is 16.6. The van der Waals surface area contributed by atoms with Crippen LogP contribution in [0.25, 0.3) is 10.9 Å². The molecule has 34 heavy (non-hydrogen) atoms. The zero-order chi connectivity index (χ0) is 23.8. The molecule has 2 aliphatic rings. The number of piperidine rings is 1. The molecule has 178 valence electrons. The zero-order valence-corrected chi connectivity index (χ0v) is 19.2. The van der Waals surface area contributed by atoms with Gasteiger partial charge in [-0.2, -0.15) is 0 Å². The molecule has 0 N–H and O–H groups in total. The maximum Gasteiger partial charge on any atom is 0.334 e. The van der Waals surface area contributed by atoms with E-state index in [1.807, 2.05) is 17.0 Å². The highest BCUT2D eigenvalue weighted by Crippen LogP contribution is 2.36. The molecule has 0 spiro atoms. The van der Waals surface area contributed by atoms with Gasteiger partial charge in [-0.25, -0.2) is 0 Å². The third-order valence-corrected chi connectivity index (χ3v) is 7.15. The molecule has 0 unspecified atom stereocenters. The van der Waals surface area contributed by atoms with Crippen LogP contribution in [0.15, 0.2) is 47.4 Å². The number of likely N-dealkylation sites (tertiary alicyclic amines) is 1. The molecule has 0 radical (unpaired) electrons. The Hall–Kier alpha value is -3.46. The summed E-state index contributed by atoms with van der Waals surface area (Å²) in [4.78, 5) is 38.2. The van der Waals surface area contributed by atoms with Crippen LogP contribution in [-0.2, 0) is 29.0 Å². The molecule has 2 aliphatic heterocycles. The second-order valence-corrected chi connectivity index (χ2v) is 9.27. The predicted molar refractivity (Wildman–Crippen MR) is 127 cm³/mol. The highest BCUT2D eigenvalue weighted by molar-refractivity contribution is 5.85. The Morgan fingerprint density at radius 1 is 1.18 bits per heavy atom. The topological polar surface area (TPSA) is 99.6 Å². The van der Waals surface area contributed by atoms with Crippen LogP contribution < -0.4 is 5.56 Å². The molecule has 1 aromatic carbocycles. The third-order valence-electron chi connectivity index (χ3n) is 7.15. The van der Waals surface area contributed by atoms with Gasteiger partial charge in [0, 0.05) is 74.5 Å². The number of carbonyl (C=O) groups is 1. The lowest BCUT2D eigenvalue weighted by atomic mass is 9.83. The van der Waals surface area contributed by atoms with Gasteiger partial charge in [0.05, 0.1) is 11.5 Å². The van der Waals surface area contributed by atoms with E-state index in [4.69, 9.17) is 4.74 Å². The van der Waals surface area contributed by atoms with Gasteiger partial charge in [-0.1, -0.05) is 18.2 Å². The van der Waals surface area contributed by atoms with Gasteiger partial charge in [-0.05, 0) is 36.5 Å². The van der Waals surface area contributed by atoms with Crippen LogP contribution in [0.4, 0.5) is 5.69 Å². The van der Waals surface area contributed by atoms with E-state index in [1.165, 1.54) is 6.07 Å². The van der Waals surface area contributed by atoms with Crippen LogP contribution >= 0.6 is 0 Å². The van der Waals surface area contributed by atoms with Gasteiger partial charge >= 0.3 is 11.2 Å². The number of amides is 1. The molecule has 0 aliphatic carbocycles. The summed E-state index contributed by atoms with van der Waals surface area (Å²) in [5, 5.41) is 12.3. The van der Waals surface area contributed by atoms with Crippen LogP contribution in [-0.4, -0.2) is 51.7 Å². The van der Waals surface area contributed by atoms with Gasteiger partial charge in [0.15, 0.2) is 0 Å². The molecule has 2 aromatic heterocycles. The van der Waals surface area contributed by atoms with E-state index in [0.29, 0.717) is 39.1 Å². The molecule has 5 rings (SSSR count). The first kappa shape index (κ1) is 22.3. The van der Waals surface area contributed by atoms with E-state index < -0.39 is 10.5 Å². The maximum absolute atomic E-state index is 13.2. The minimum atomic E-state index is -0.623. The first-order valence-corrected chi connectivity index (χ1v) is 11.7. The van der Waals surface area contributed by atoms with Crippen molar-refractivity contribution in [2.45, 2.75) is 38.3 Å². The van der Waals surface area contributed by atoms with Crippen molar-refractivity contribution < 1.29 is 14.5 Å². The molecule has 2 atom stereocenters. The Bertz CT molecular complexity index is 1310. The summed E-state index contributed by atoms with van der Waals surface area (Å²) in [6, 6.07) is 11.2. The summed E-state index contributed by atoms with van der Waals surface area (Å²) in [7, 11) is 1.69. The quantitative estimate of drug-likeness (QED) is 0.395. The van der Waals surface area contributed by atoms with Crippen molar-refractivity contribution >= 4 is 22.5 Å². The molecule has 9 heteroatoms. The van der Waals surface area contributed by atoms with Crippen molar-refractivity contribution in [2.75, 3.05) is 26.8 Å². The predicted octanol–water partition coefficient (Wildman–Crippen LogP) is 2.94. The third kappa shape index (κ3) is 4.00. The van der Waals surface area contributed by atoms with Crippen molar-refractivity contribution in [1.82, 2.24) is 14.0 Å².